The van der Waals surface area contributed by atoms with Crippen LogP contribution in [0.15, 0.2) is 70.4 Å². The van der Waals surface area contributed by atoms with Crippen molar-refractivity contribution in [3.05, 3.63) is 88.3 Å². The fraction of sp³-hybridized carbons (Fsp3) is 0.250. The number of fused-ring (bicyclic) bond motifs is 1. The number of carbonyl (C=O) groups is 1. The van der Waals surface area contributed by atoms with Gasteiger partial charge in [-0.25, -0.2) is 0 Å². The van der Waals surface area contributed by atoms with Gasteiger partial charge in [-0.15, -0.1) is 0 Å². The highest BCUT2D eigenvalue weighted by Crippen LogP contribution is 2.49. The number of Topliss-reactive ketones (excluding diaryl/α,β-unsaturated/α-hetero) is 1. The van der Waals surface area contributed by atoms with Gasteiger partial charge >= 0.3 is 0 Å². The minimum atomic E-state index is -0.178. The lowest BCUT2D eigenvalue weighted by Crippen LogP contribution is -2.29. The number of nitrogens with zero attached hydrogens (tertiary/aromatic N) is 1. The van der Waals surface area contributed by atoms with E-state index in [9.17, 15) is 4.79 Å². The molecule has 0 radical (unpaired) electrons. The van der Waals surface area contributed by atoms with Gasteiger partial charge in [0.2, 0.25) is 5.88 Å². The van der Waals surface area contributed by atoms with Gasteiger partial charge in [-0.3, -0.25) is 4.79 Å². The molecule has 1 aliphatic heterocycles. The summed E-state index contributed by atoms with van der Waals surface area (Å²) in [6, 6.07) is 18.1. The summed E-state index contributed by atoms with van der Waals surface area (Å²) in [5, 5.41) is 7.54. The van der Waals surface area contributed by atoms with Crippen molar-refractivity contribution in [3.8, 4) is 5.75 Å². The number of carbonyl (C=O) groups excluding carboxylic acids is 1. The normalized spacial score (nSPS) is 20.7. The van der Waals surface area contributed by atoms with Crippen LogP contribution in [0.5, 0.6) is 5.75 Å². The summed E-state index contributed by atoms with van der Waals surface area (Å²) >= 11 is 0. The number of methoxy groups -OCH3 is 1. The average Bonchev–Trinajstić information content (AvgIpc) is 3.13. The molecule has 3 aromatic rings. The van der Waals surface area contributed by atoms with E-state index in [0.29, 0.717) is 12.3 Å². The molecule has 5 nitrogen and oxygen atoms in total. The van der Waals surface area contributed by atoms with E-state index >= 15 is 0 Å². The van der Waals surface area contributed by atoms with Gasteiger partial charge in [-0.05, 0) is 42.5 Å². The molecule has 5 rings (SSSR count). The van der Waals surface area contributed by atoms with Crippen molar-refractivity contribution in [2.45, 2.75) is 31.6 Å². The Labute approximate surface area is 169 Å². The molecule has 0 fully saturated rings. The Morgan fingerprint density at radius 2 is 1.79 bits per heavy atom. The standard InChI is InChI=1S/C24H22N2O3/c1-14-21-22(16-8-10-18(28-2)11-9-16)23-19(25-24(21)29-26-14)12-17(13-20(23)27)15-6-4-3-5-7-15/h3-11,17,22,25H,12-13H2,1-2H3. The molecule has 2 atom stereocenters. The summed E-state index contributed by atoms with van der Waals surface area (Å²) in [6.45, 7) is 1.92. The van der Waals surface area contributed by atoms with Gasteiger partial charge in [0, 0.05) is 23.6 Å². The van der Waals surface area contributed by atoms with Crippen molar-refractivity contribution in [3.63, 3.8) is 0 Å². The lowest BCUT2D eigenvalue weighted by molar-refractivity contribution is -0.116. The van der Waals surface area contributed by atoms with Crippen molar-refractivity contribution in [2.24, 2.45) is 0 Å². The second-order valence-corrected chi connectivity index (χ2v) is 7.67. The third kappa shape index (κ3) is 2.94. The first-order valence-electron chi connectivity index (χ1n) is 9.84. The zero-order valence-electron chi connectivity index (χ0n) is 16.4. The Morgan fingerprint density at radius 1 is 1.03 bits per heavy atom. The summed E-state index contributed by atoms with van der Waals surface area (Å²) in [7, 11) is 1.65. The van der Waals surface area contributed by atoms with E-state index in [1.54, 1.807) is 7.11 Å². The zero-order chi connectivity index (χ0) is 20.0. The van der Waals surface area contributed by atoms with E-state index in [0.717, 1.165) is 40.3 Å². The third-order valence-electron chi connectivity index (χ3n) is 5.98. The smallest absolute Gasteiger partial charge is 0.233 e. The predicted molar refractivity (Wildman–Crippen MR) is 110 cm³/mol. The van der Waals surface area contributed by atoms with Crippen LogP contribution in [0.4, 0.5) is 5.88 Å². The van der Waals surface area contributed by atoms with Crippen LogP contribution in [-0.4, -0.2) is 18.0 Å². The highest BCUT2D eigenvalue weighted by molar-refractivity contribution is 6.01. The molecular weight excluding hydrogens is 364 g/mol. The van der Waals surface area contributed by atoms with Crippen LogP contribution in [-0.2, 0) is 4.79 Å². The third-order valence-corrected chi connectivity index (χ3v) is 5.98. The molecule has 1 aliphatic carbocycles. The minimum Gasteiger partial charge on any atom is -0.497 e. The number of hydrogen-bond donors (Lipinski definition) is 1. The average molecular weight is 386 g/mol. The fourth-order valence-electron chi connectivity index (χ4n) is 4.56. The SMILES string of the molecule is COc1ccc(C2C3=C(CC(c4ccccc4)CC3=O)Nc3onc(C)c32)cc1. The highest BCUT2D eigenvalue weighted by Gasteiger charge is 2.41. The molecule has 0 saturated heterocycles. The van der Waals surface area contributed by atoms with Crippen molar-refractivity contribution >= 4 is 11.7 Å². The Morgan fingerprint density at radius 3 is 2.52 bits per heavy atom. The van der Waals surface area contributed by atoms with Crippen molar-refractivity contribution in [2.75, 3.05) is 12.4 Å². The number of hydrogen-bond acceptors (Lipinski definition) is 5. The Bertz CT molecular complexity index is 1100. The molecule has 2 unspecified atom stereocenters. The monoisotopic (exact) mass is 386 g/mol. The molecule has 1 N–H and O–H groups in total. The van der Waals surface area contributed by atoms with Crippen LogP contribution in [0.2, 0.25) is 0 Å². The molecule has 0 spiro atoms. The van der Waals surface area contributed by atoms with E-state index < -0.39 is 0 Å². The quantitative estimate of drug-likeness (QED) is 0.690. The molecule has 2 aromatic carbocycles. The lowest BCUT2D eigenvalue weighted by Gasteiger charge is -2.34. The van der Waals surface area contributed by atoms with E-state index in [4.69, 9.17) is 9.26 Å². The van der Waals surface area contributed by atoms with Crippen LogP contribution in [0.1, 0.15) is 47.1 Å². The maximum Gasteiger partial charge on any atom is 0.233 e. The number of ether oxygens (including phenoxy) is 1. The highest BCUT2D eigenvalue weighted by atomic mass is 16.5. The molecule has 2 aliphatic rings. The topological polar surface area (TPSA) is 64.4 Å². The van der Waals surface area contributed by atoms with Gasteiger partial charge in [-0.2, -0.15) is 0 Å². The van der Waals surface area contributed by atoms with E-state index in [1.165, 1.54) is 5.56 Å². The molecule has 29 heavy (non-hydrogen) atoms. The molecular formula is C24H22N2O3. The van der Waals surface area contributed by atoms with E-state index in [2.05, 4.69) is 22.6 Å². The fourth-order valence-corrected chi connectivity index (χ4v) is 4.56. The van der Waals surface area contributed by atoms with Crippen LogP contribution < -0.4 is 10.1 Å². The molecule has 2 heterocycles. The molecule has 0 amide bonds. The molecule has 5 heteroatoms. The Balaban J connectivity index is 1.61. The number of allylic oxidation sites excluding steroid dienone is 2. The van der Waals surface area contributed by atoms with Crippen molar-refractivity contribution < 1.29 is 14.1 Å². The number of rotatable bonds is 3. The van der Waals surface area contributed by atoms with Gasteiger partial charge in [0.05, 0.1) is 18.4 Å². The number of nitrogens with one attached hydrogen (secondary N) is 1. The van der Waals surface area contributed by atoms with Crippen molar-refractivity contribution in [1.82, 2.24) is 5.16 Å². The second kappa shape index (κ2) is 6.92. The number of aromatic nitrogens is 1. The largest absolute Gasteiger partial charge is 0.497 e. The number of aryl methyl sites for hydroxylation is 1. The number of ketones is 1. The van der Waals surface area contributed by atoms with E-state index in [1.807, 2.05) is 49.4 Å². The second-order valence-electron chi connectivity index (χ2n) is 7.67. The van der Waals surface area contributed by atoms with Gasteiger partial charge in [0.25, 0.3) is 0 Å². The number of anilines is 1. The molecule has 146 valence electrons. The zero-order valence-corrected chi connectivity index (χ0v) is 16.4. The van der Waals surface area contributed by atoms with Crippen LogP contribution in [0.25, 0.3) is 0 Å². The van der Waals surface area contributed by atoms with Crippen LogP contribution >= 0.6 is 0 Å². The summed E-state index contributed by atoms with van der Waals surface area (Å²) in [4.78, 5) is 13.4. The summed E-state index contributed by atoms with van der Waals surface area (Å²) in [5.74, 6) is 1.60. The van der Waals surface area contributed by atoms with Crippen molar-refractivity contribution in [1.29, 1.82) is 0 Å². The van der Waals surface area contributed by atoms with Crippen LogP contribution in [0.3, 0.4) is 0 Å². The van der Waals surface area contributed by atoms with Crippen LogP contribution in [0, 0.1) is 6.92 Å². The summed E-state index contributed by atoms with van der Waals surface area (Å²) in [5.41, 5.74) is 5.76. The number of benzene rings is 2. The maximum atomic E-state index is 13.4. The summed E-state index contributed by atoms with van der Waals surface area (Å²) < 4.78 is 10.9. The van der Waals surface area contributed by atoms with Gasteiger partial charge in [0.1, 0.15) is 5.75 Å². The van der Waals surface area contributed by atoms with Gasteiger partial charge in [-0.1, -0.05) is 47.6 Å². The maximum absolute atomic E-state index is 13.4. The first kappa shape index (κ1) is 17.7. The first-order valence-corrected chi connectivity index (χ1v) is 9.84. The summed E-state index contributed by atoms with van der Waals surface area (Å²) in [6.07, 6.45) is 1.29. The first-order chi connectivity index (χ1) is 14.2. The molecule has 1 aromatic heterocycles. The Hall–Kier alpha value is -3.34. The molecule has 0 bridgehead atoms. The lowest BCUT2D eigenvalue weighted by atomic mass is 9.72. The molecule has 0 saturated carbocycles. The van der Waals surface area contributed by atoms with Gasteiger partial charge in [0.15, 0.2) is 5.78 Å². The predicted octanol–water partition coefficient (Wildman–Crippen LogP) is 4.95. The Kier molecular flexibility index (Phi) is 4.23. The van der Waals surface area contributed by atoms with E-state index in [-0.39, 0.29) is 17.6 Å². The minimum absolute atomic E-state index is 0.164. The van der Waals surface area contributed by atoms with Gasteiger partial charge < -0.3 is 14.6 Å².